The van der Waals surface area contributed by atoms with Gasteiger partial charge in [-0.15, -0.1) is 0 Å². The first-order valence-corrected chi connectivity index (χ1v) is 8.24. The Bertz CT molecular complexity index is 551. The number of carbonyl (C=O) groups is 1. The molecule has 118 valence electrons. The summed E-state index contributed by atoms with van der Waals surface area (Å²) in [7, 11) is -3.60. The average molecular weight is 315 g/mol. The van der Waals surface area contributed by atoms with Crippen LogP contribution in [0.1, 0.15) is 26.7 Å². The van der Waals surface area contributed by atoms with Gasteiger partial charge < -0.3 is 9.84 Å². The highest BCUT2D eigenvalue weighted by Crippen LogP contribution is 2.16. The Morgan fingerprint density at radius 1 is 1.29 bits per heavy atom. The third kappa shape index (κ3) is 6.59. The second-order valence-electron chi connectivity index (χ2n) is 5.07. The Labute approximate surface area is 125 Å². The molecule has 0 unspecified atom stereocenters. The van der Waals surface area contributed by atoms with Gasteiger partial charge in [0.15, 0.2) is 0 Å². The van der Waals surface area contributed by atoms with E-state index in [2.05, 4.69) is 4.72 Å². The van der Waals surface area contributed by atoms with E-state index in [1.165, 1.54) is 12.1 Å². The summed E-state index contributed by atoms with van der Waals surface area (Å²) in [6, 6.07) is 6.15. The van der Waals surface area contributed by atoms with E-state index >= 15 is 0 Å². The van der Waals surface area contributed by atoms with E-state index in [4.69, 9.17) is 9.84 Å². The highest BCUT2D eigenvalue weighted by molar-refractivity contribution is 7.89. The fourth-order valence-corrected chi connectivity index (χ4v) is 2.58. The van der Waals surface area contributed by atoms with E-state index in [9.17, 15) is 13.2 Å². The van der Waals surface area contributed by atoms with Crippen LogP contribution in [0.4, 0.5) is 0 Å². The number of hydrogen-bond acceptors (Lipinski definition) is 4. The Morgan fingerprint density at radius 2 is 1.90 bits per heavy atom. The van der Waals surface area contributed by atoms with Crippen molar-refractivity contribution >= 4 is 16.0 Å². The molecule has 0 saturated carbocycles. The van der Waals surface area contributed by atoms with Gasteiger partial charge in [-0.05, 0) is 36.6 Å². The van der Waals surface area contributed by atoms with E-state index in [0.717, 1.165) is 0 Å². The van der Waals surface area contributed by atoms with Crippen molar-refractivity contribution in [2.45, 2.75) is 31.6 Å². The van der Waals surface area contributed by atoms with Gasteiger partial charge in [0.25, 0.3) is 0 Å². The zero-order chi connectivity index (χ0) is 15.9. The summed E-state index contributed by atoms with van der Waals surface area (Å²) in [6.07, 6.45) is 0.189. The summed E-state index contributed by atoms with van der Waals surface area (Å²) in [5, 5.41) is 8.49. The quantitative estimate of drug-likeness (QED) is 0.679. The molecule has 21 heavy (non-hydrogen) atoms. The summed E-state index contributed by atoms with van der Waals surface area (Å²) in [5.41, 5.74) is 0. The monoisotopic (exact) mass is 315 g/mol. The Kier molecular flexibility index (Phi) is 6.64. The number of sulfonamides is 1. The highest BCUT2D eigenvalue weighted by atomic mass is 32.2. The normalized spacial score (nSPS) is 11.6. The van der Waals surface area contributed by atoms with E-state index in [-0.39, 0.29) is 24.3 Å². The van der Waals surface area contributed by atoms with Crippen LogP contribution in [-0.4, -0.2) is 32.6 Å². The molecule has 0 heterocycles. The van der Waals surface area contributed by atoms with Crippen molar-refractivity contribution in [3.8, 4) is 5.75 Å². The summed E-state index contributed by atoms with van der Waals surface area (Å²) in [4.78, 5) is 10.5. The van der Waals surface area contributed by atoms with Crippen LogP contribution in [0.2, 0.25) is 0 Å². The minimum absolute atomic E-state index is 0.0650. The van der Waals surface area contributed by atoms with Crippen LogP contribution in [0, 0.1) is 5.92 Å². The van der Waals surface area contributed by atoms with Crippen molar-refractivity contribution in [2.24, 2.45) is 5.92 Å². The maximum Gasteiger partial charge on any atom is 0.303 e. The van der Waals surface area contributed by atoms with Crippen molar-refractivity contribution < 1.29 is 23.1 Å². The summed E-state index contributed by atoms with van der Waals surface area (Å²) in [5.74, 6) is 0.0682. The van der Waals surface area contributed by atoms with Crippen molar-refractivity contribution in [1.82, 2.24) is 4.72 Å². The summed E-state index contributed by atoms with van der Waals surface area (Å²) < 4.78 is 31.8. The molecule has 0 aliphatic carbocycles. The molecule has 0 radical (unpaired) electrons. The lowest BCUT2D eigenvalue weighted by Crippen LogP contribution is -2.25. The van der Waals surface area contributed by atoms with E-state index in [0.29, 0.717) is 18.3 Å². The van der Waals surface area contributed by atoms with Crippen LogP contribution in [0.15, 0.2) is 29.2 Å². The molecular weight excluding hydrogens is 294 g/mol. The van der Waals surface area contributed by atoms with Gasteiger partial charge in [-0.25, -0.2) is 13.1 Å². The van der Waals surface area contributed by atoms with Crippen molar-refractivity contribution in [2.75, 3.05) is 13.2 Å². The van der Waals surface area contributed by atoms with E-state index < -0.39 is 16.0 Å². The van der Waals surface area contributed by atoms with Crippen LogP contribution in [-0.2, 0) is 14.8 Å². The van der Waals surface area contributed by atoms with Gasteiger partial charge in [0, 0.05) is 13.0 Å². The second-order valence-corrected chi connectivity index (χ2v) is 6.84. The lowest BCUT2D eigenvalue weighted by molar-refractivity contribution is -0.137. The van der Waals surface area contributed by atoms with Crippen molar-refractivity contribution in [1.29, 1.82) is 0 Å². The predicted molar refractivity (Wildman–Crippen MR) is 78.8 cm³/mol. The minimum atomic E-state index is -3.60. The molecule has 1 rings (SSSR count). The number of benzene rings is 1. The van der Waals surface area contributed by atoms with Crippen molar-refractivity contribution in [3.05, 3.63) is 24.3 Å². The number of carboxylic acids is 1. The summed E-state index contributed by atoms with van der Waals surface area (Å²) >= 11 is 0. The molecule has 7 heteroatoms. The number of nitrogens with one attached hydrogen (secondary N) is 1. The molecule has 0 saturated heterocycles. The maximum absolute atomic E-state index is 12.0. The number of aliphatic carboxylic acids is 1. The van der Waals surface area contributed by atoms with Gasteiger partial charge in [-0.1, -0.05) is 13.8 Å². The SMILES string of the molecule is CC(C)COc1ccc(S(=O)(=O)NCCCC(=O)O)cc1. The first kappa shape index (κ1) is 17.5. The van der Waals surface area contributed by atoms with Gasteiger partial charge in [0.2, 0.25) is 10.0 Å². The molecule has 0 fully saturated rings. The van der Waals surface area contributed by atoms with Crippen LogP contribution < -0.4 is 9.46 Å². The molecular formula is C14H21NO5S. The second kappa shape index (κ2) is 7.99. The smallest absolute Gasteiger partial charge is 0.303 e. The summed E-state index contributed by atoms with van der Waals surface area (Å²) in [6.45, 7) is 4.72. The first-order chi connectivity index (χ1) is 9.81. The molecule has 0 bridgehead atoms. The average Bonchev–Trinajstić information content (AvgIpc) is 2.41. The molecule has 0 aliphatic rings. The van der Waals surface area contributed by atoms with Crippen LogP contribution in [0.25, 0.3) is 0 Å². The minimum Gasteiger partial charge on any atom is -0.493 e. The van der Waals surface area contributed by atoms with Gasteiger partial charge in [-0.2, -0.15) is 0 Å². The third-order valence-corrected chi connectivity index (χ3v) is 4.05. The van der Waals surface area contributed by atoms with Crippen LogP contribution in [0.3, 0.4) is 0 Å². The Balaban J connectivity index is 2.56. The molecule has 0 atom stereocenters. The van der Waals surface area contributed by atoms with Crippen LogP contribution >= 0.6 is 0 Å². The molecule has 0 amide bonds. The fourth-order valence-electron chi connectivity index (χ4n) is 1.51. The lowest BCUT2D eigenvalue weighted by atomic mass is 10.2. The molecule has 0 spiro atoms. The standard InChI is InChI=1S/C14H21NO5S/c1-11(2)10-20-12-5-7-13(8-6-12)21(18,19)15-9-3-4-14(16)17/h5-8,11,15H,3-4,9-10H2,1-2H3,(H,16,17). The van der Waals surface area contributed by atoms with E-state index in [1.807, 2.05) is 13.8 Å². The van der Waals surface area contributed by atoms with Crippen molar-refractivity contribution in [3.63, 3.8) is 0 Å². The zero-order valence-corrected chi connectivity index (χ0v) is 13.0. The predicted octanol–water partition coefficient (Wildman–Crippen LogP) is 1.86. The molecule has 6 nitrogen and oxygen atoms in total. The van der Waals surface area contributed by atoms with Gasteiger partial charge in [-0.3, -0.25) is 4.79 Å². The number of hydrogen-bond donors (Lipinski definition) is 2. The Hall–Kier alpha value is -1.60. The van der Waals surface area contributed by atoms with Gasteiger partial charge >= 0.3 is 5.97 Å². The molecule has 0 aliphatic heterocycles. The highest BCUT2D eigenvalue weighted by Gasteiger charge is 2.13. The molecule has 0 aromatic heterocycles. The molecule has 2 N–H and O–H groups in total. The number of carboxylic acid groups (broad SMARTS) is 1. The van der Waals surface area contributed by atoms with E-state index in [1.54, 1.807) is 12.1 Å². The van der Waals surface area contributed by atoms with Gasteiger partial charge in [0.1, 0.15) is 5.75 Å². The zero-order valence-electron chi connectivity index (χ0n) is 12.2. The lowest BCUT2D eigenvalue weighted by Gasteiger charge is -2.10. The fraction of sp³-hybridized carbons (Fsp3) is 0.500. The van der Waals surface area contributed by atoms with Crippen LogP contribution in [0.5, 0.6) is 5.75 Å². The third-order valence-electron chi connectivity index (χ3n) is 2.58. The first-order valence-electron chi connectivity index (χ1n) is 6.75. The largest absolute Gasteiger partial charge is 0.493 e. The topological polar surface area (TPSA) is 92.7 Å². The Morgan fingerprint density at radius 3 is 2.43 bits per heavy atom. The maximum atomic E-state index is 12.0. The number of rotatable bonds is 9. The number of ether oxygens (including phenoxy) is 1. The molecule has 1 aromatic rings. The van der Waals surface area contributed by atoms with Gasteiger partial charge in [0.05, 0.1) is 11.5 Å². The molecule has 1 aromatic carbocycles.